The van der Waals surface area contributed by atoms with E-state index >= 15 is 0 Å². The number of nitrogens with zero attached hydrogens (tertiary/aromatic N) is 3. The molecule has 3 rings (SSSR count). The van der Waals surface area contributed by atoms with Gasteiger partial charge in [0.1, 0.15) is 5.52 Å². The Bertz CT molecular complexity index is 759. The predicted octanol–water partition coefficient (Wildman–Crippen LogP) is 2.13. The molecule has 1 aliphatic heterocycles. The molecule has 4 atom stereocenters. The number of imidazole rings is 1. The van der Waals surface area contributed by atoms with Gasteiger partial charge < -0.3 is 15.6 Å². The molecule has 0 aliphatic carbocycles. The van der Waals surface area contributed by atoms with Crippen molar-refractivity contribution < 1.29 is 9.84 Å². The summed E-state index contributed by atoms with van der Waals surface area (Å²) in [6.07, 6.45) is 8.16. The van der Waals surface area contributed by atoms with Gasteiger partial charge in [-0.25, -0.2) is 9.97 Å². The summed E-state index contributed by atoms with van der Waals surface area (Å²) < 4.78 is 7.94. The minimum atomic E-state index is -1.14. The molecule has 1 aliphatic rings. The Hall–Kier alpha value is -0.880. The molecule has 3 N–H and O–H groups in total. The van der Waals surface area contributed by atoms with Crippen LogP contribution in [0.25, 0.3) is 11.2 Å². The van der Waals surface area contributed by atoms with E-state index in [9.17, 15) is 5.11 Å². The van der Waals surface area contributed by atoms with Crippen molar-refractivity contribution in [3.63, 3.8) is 0 Å². The maximum absolute atomic E-state index is 10.5. The summed E-state index contributed by atoms with van der Waals surface area (Å²) >= 11 is 3.57. The molecular weight excluding hydrogens is 379 g/mol. The number of anilines is 1. The molecule has 126 valence electrons. The van der Waals surface area contributed by atoms with Crippen LogP contribution in [0.15, 0.2) is 18.6 Å². The molecule has 2 aromatic heterocycles. The summed E-state index contributed by atoms with van der Waals surface area (Å²) in [6.45, 7) is 3.23. The standard InChI is InChI=1S/C15H22BrN4O2P/c1-23(2,3)7-5-10-13(21)11(16)15(22-10)20-8-19-12-9(17)4-6-18-14(12)20/h4,6,8,10-11,13,15,21H,1,5,7H2,2-3H3,(H2,17,18)/t10-,11-,13-,15-/m1/s1. The Morgan fingerprint density at radius 1 is 1.48 bits per heavy atom. The Labute approximate surface area is 144 Å². The van der Waals surface area contributed by atoms with Gasteiger partial charge in [0.25, 0.3) is 0 Å². The van der Waals surface area contributed by atoms with Crippen LogP contribution in [-0.4, -0.2) is 62.5 Å². The first-order chi connectivity index (χ1) is 10.8. The maximum atomic E-state index is 10.5. The highest BCUT2D eigenvalue weighted by molar-refractivity contribution is 9.09. The number of fused-ring (bicyclic) bond motifs is 1. The van der Waals surface area contributed by atoms with E-state index in [4.69, 9.17) is 10.5 Å². The SMILES string of the molecule is C=P(C)(C)CC[C@H]1O[C@@H](n2cnc3c(N)ccnc32)[C@H](Br)[C@@H]1O. The van der Waals surface area contributed by atoms with Gasteiger partial charge in [-0.3, -0.25) is 4.57 Å². The zero-order valence-corrected chi connectivity index (χ0v) is 15.7. The second-order valence-electron chi connectivity index (χ2n) is 6.67. The third kappa shape index (κ3) is 3.33. The normalized spacial score (nSPS) is 28.5. The molecule has 0 bridgehead atoms. The first-order valence-corrected chi connectivity index (χ1v) is 11.5. The van der Waals surface area contributed by atoms with Crippen LogP contribution in [0.5, 0.6) is 0 Å². The van der Waals surface area contributed by atoms with Crippen molar-refractivity contribution in [2.45, 2.75) is 29.7 Å². The molecule has 0 aromatic carbocycles. The number of rotatable bonds is 4. The first kappa shape index (κ1) is 17.0. The number of nitrogens with two attached hydrogens (primary N) is 1. The molecule has 0 radical (unpaired) electrons. The van der Waals surface area contributed by atoms with Crippen molar-refractivity contribution >= 4 is 46.0 Å². The molecule has 0 unspecified atom stereocenters. The topological polar surface area (TPSA) is 86.2 Å². The molecule has 8 heteroatoms. The van der Waals surface area contributed by atoms with Gasteiger partial charge in [-0.15, -0.1) is 13.2 Å². The van der Waals surface area contributed by atoms with Crippen molar-refractivity contribution in [2.75, 3.05) is 25.2 Å². The second kappa shape index (κ2) is 6.20. The van der Waals surface area contributed by atoms with Gasteiger partial charge in [-0.05, 0) is 32.0 Å². The minimum Gasteiger partial charge on any atom is -0.397 e. The van der Waals surface area contributed by atoms with E-state index in [0.29, 0.717) is 16.9 Å². The van der Waals surface area contributed by atoms with Crippen molar-refractivity contribution in [2.24, 2.45) is 0 Å². The highest BCUT2D eigenvalue weighted by Gasteiger charge is 2.43. The summed E-state index contributed by atoms with van der Waals surface area (Å²) in [7, 11) is 0. The fourth-order valence-corrected chi connectivity index (χ4v) is 4.46. The molecule has 1 saturated heterocycles. The third-order valence-electron chi connectivity index (χ3n) is 4.08. The maximum Gasteiger partial charge on any atom is 0.164 e. The number of hydrogen-bond donors (Lipinski definition) is 2. The van der Waals surface area contributed by atoms with Gasteiger partial charge in [-0.1, -0.05) is 15.9 Å². The van der Waals surface area contributed by atoms with Crippen LogP contribution in [0.4, 0.5) is 5.69 Å². The molecule has 23 heavy (non-hydrogen) atoms. The Balaban J connectivity index is 1.85. The molecule has 0 saturated carbocycles. The van der Waals surface area contributed by atoms with Gasteiger partial charge in [0.05, 0.1) is 29.0 Å². The van der Waals surface area contributed by atoms with Crippen LogP contribution < -0.4 is 5.73 Å². The van der Waals surface area contributed by atoms with E-state index in [2.05, 4.69) is 45.5 Å². The van der Waals surface area contributed by atoms with Crippen LogP contribution in [0, 0.1) is 0 Å². The van der Waals surface area contributed by atoms with Gasteiger partial charge in [0, 0.05) is 6.20 Å². The zero-order valence-electron chi connectivity index (χ0n) is 13.3. The number of aliphatic hydroxyl groups excluding tert-OH is 1. The number of alkyl halides is 1. The van der Waals surface area contributed by atoms with Crippen molar-refractivity contribution in [3.05, 3.63) is 18.6 Å². The average Bonchev–Trinajstić information content (AvgIpc) is 3.01. The predicted molar refractivity (Wildman–Crippen MR) is 99.9 cm³/mol. The number of halogens is 1. The molecular formula is C15H22BrN4O2P. The molecule has 0 spiro atoms. The fourth-order valence-electron chi connectivity index (χ4n) is 2.78. The Morgan fingerprint density at radius 3 is 2.91 bits per heavy atom. The Morgan fingerprint density at radius 2 is 2.22 bits per heavy atom. The molecule has 1 fully saturated rings. The van der Waals surface area contributed by atoms with E-state index in [0.717, 1.165) is 12.6 Å². The van der Waals surface area contributed by atoms with E-state index in [1.165, 1.54) is 0 Å². The van der Waals surface area contributed by atoms with Crippen LogP contribution >= 0.6 is 22.8 Å². The van der Waals surface area contributed by atoms with Crippen molar-refractivity contribution in [1.82, 2.24) is 14.5 Å². The highest BCUT2D eigenvalue weighted by atomic mass is 79.9. The first-order valence-electron chi connectivity index (χ1n) is 7.50. The number of nitrogen functional groups attached to an aromatic ring is 1. The minimum absolute atomic E-state index is 0.219. The van der Waals surface area contributed by atoms with Crippen LogP contribution in [-0.2, 0) is 4.74 Å². The van der Waals surface area contributed by atoms with Crippen LogP contribution in [0.3, 0.4) is 0 Å². The van der Waals surface area contributed by atoms with Gasteiger partial charge in [0.15, 0.2) is 11.9 Å². The number of aliphatic hydroxyl groups is 1. The number of hydrogen-bond acceptors (Lipinski definition) is 5. The lowest BCUT2D eigenvalue weighted by Crippen LogP contribution is -2.28. The van der Waals surface area contributed by atoms with Gasteiger partial charge in [-0.2, -0.15) is 0 Å². The second-order valence-corrected chi connectivity index (χ2v) is 12.0. The van der Waals surface area contributed by atoms with E-state index in [-0.39, 0.29) is 17.2 Å². The summed E-state index contributed by atoms with van der Waals surface area (Å²) in [5.74, 6) is 0. The quantitative estimate of drug-likeness (QED) is 0.606. The highest BCUT2D eigenvalue weighted by Crippen LogP contribution is 2.41. The number of aromatic nitrogens is 3. The zero-order chi connectivity index (χ0) is 16.8. The van der Waals surface area contributed by atoms with Crippen LogP contribution in [0.1, 0.15) is 12.6 Å². The third-order valence-corrected chi connectivity index (χ3v) is 6.54. The lowest BCUT2D eigenvalue weighted by Gasteiger charge is -2.18. The van der Waals surface area contributed by atoms with Crippen LogP contribution in [0.2, 0.25) is 0 Å². The summed E-state index contributed by atoms with van der Waals surface area (Å²) in [5, 5.41) is 10.5. The van der Waals surface area contributed by atoms with E-state index in [1.807, 2.05) is 4.57 Å². The Kier molecular flexibility index (Phi) is 4.58. The molecule has 6 nitrogen and oxygen atoms in total. The monoisotopic (exact) mass is 400 g/mol. The smallest absolute Gasteiger partial charge is 0.164 e. The van der Waals surface area contributed by atoms with Gasteiger partial charge >= 0.3 is 0 Å². The van der Waals surface area contributed by atoms with Crippen molar-refractivity contribution in [3.8, 4) is 0 Å². The van der Waals surface area contributed by atoms with Crippen molar-refractivity contribution in [1.29, 1.82) is 0 Å². The fraction of sp³-hybridized carbons (Fsp3) is 0.533. The number of ether oxygens (including phenoxy) is 1. The lowest BCUT2D eigenvalue weighted by atomic mass is 10.1. The molecule has 2 aromatic rings. The molecule has 3 heterocycles. The summed E-state index contributed by atoms with van der Waals surface area (Å²) in [5.41, 5.74) is 7.83. The summed E-state index contributed by atoms with van der Waals surface area (Å²) in [6, 6.07) is 1.72. The van der Waals surface area contributed by atoms with Gasteiger partial charge in [0.2, 0.25) is 0 Å². The lowest BCUT2D eigenvalue weighted by molar-refractivity contribution is -0.0174. The average molecular weight is 401 g/mol. The molecule has 0 amide bonds. The summed E-state index contributed by atoms with van der Waals surface area (Å²) in [4.78, 5) is 8.45. The number of pyridine rings is 1. The largest absolute Gasteiger partial charge is 0.397 e. The van der Waals surface area contributed by atoms with E-state index in [1.54, 1.807) is 18.6 Å². The van der Waals surface area contributed by atoms with E-state index < -0.39 is 13.0 Å².